The molecule has 140 valence electrons. The molecule has 0 fully saturated rings. The molecule has 0 saturated heterocycles. The molecule has 3 N–H and O–H groups in total. The number of benzene rings is 2. The van der Waals surface area contributed by atoms with E-state index in [1.54, 1.807) is 18.2 Å². The van der Waals surface area contributed by atoms with Gasteiger partial charge in [-0.15, -0.1) is 0 Å². The van der Waals surface area contributed by atoms with Crippen molar-refractivity contribution in [2.24, 2.45) is 10.7 Å². The Labute approximate surface area is 169 Å². The molecule has 27 heavy (non-hydrogen) atoms. The number of halogens is 2. The fourth-order valence-electron chi connectivity index (χ4n) is 2.66. The van der Waals surface area contributed by atoms with Crippen LogP contribution in [-0.2, 0) is 14.3 Å². The Morgan fingerprint density at radius 3 is 2.81 bits per heavy atom. The Kier molecular flexibility index (Phi) is 6.26. The van der Waals surface area contributed by atoms with Gasteiger partial charge < -0.3 is 15.8 Å². The molecule has 1 aliphatic heterocycles. The lowest BCUT2D eigenvalue weighted by molar-refractivity contribution is -0.153. The average molecular weight is 451 g/mol. The van der Waals surface area contributed by atoms with Crippen LogP contribution < -0.4 is 11.1 Å². The maximum atomic E-state index is 12.5. The molecular weight excluding hydrogens is 434 g/mol. The number of fused-ring (bicyclic) bond motifs is 1. The van der Waals surface area contributed by atoms with Gasteiger partial charge in [0.1, 0.15) is 0 Å². The van der Waals surface area contributed by atoms with E-state index in [0.717, 1.165) is 15.7 Å². The molecule has 3 rings (SSSR count). The van der Waals surface area contributed by atoms with Crippen LogP contribution in [0.1, 0.15) is 17.5 Å². The van der Waals surface area contributed by atoms with Crippen molar-refractivity contribution in [2.75, 3.05) is 18.4 Å². The van der Waals surface area contributed by atoms with E-state index in [1.165, 1.54) is 0 Å². The number of carbonyl (C=O) groups is 2. The number of carbonyl (C=O) groups excluding carboxylic acids is 2. The predicted octanol–water partition coefficient (Wildman–Crippen LogP) is 3.15. The molecule has 1 heterocycles. The zero-order chi connectivity index (χ0) is 19.4. The first kappa shape index (κ1) is 19.5. The van der Waals surface area contributed by atoms with Crippen molar-refractivity contribution < 1.29 is 14.3 Å². The van der Waals surface area contributed by atoms with Gasteiger partial charge in [0.15, 0.2) is 0 Å². The van der Waals surface area contributed by atoms with Gasteiger partial charge in [-0.25, -0.2) is 4.99 Å². The maximum Gasteiger partial charge on any atom is 0.309 e. The maximum absolute atomic E-state index is 12.5. The zero-order valence-electron chi connectivity index (χ0n) is 14.2. The first-order valence-corrected chi connectivity index (χ1v) is 9.45. The molecule has 0 amide bonds. The van der Waals surface area contributed by atoms with Crippen molar-refractivity contribution >= 4 is 50.7 Å². The number of hydrogen-bond acceptors (Lipinski definition) is 6. The van der Waals surface area contributed by atoms with Crippen molar-refractivity contribution in [1.29, 1.82) is 0 Å². The molecule has 1 atom stereocenters. The molecule has 8 heteroatoms. The molecule has 2 aromatic rings. The molecule has 1 unspecified atom stereocenters. The van der Waals surface area contributed by atoms with Crippen LogP contribution in [0, 0.1) is 0 Å². The molecular formula is C19H17BrClN3O3. The van der Waals surface area contributed by atoms with Gasteiger partial charge in [0.05, 0.1) is 18.7 Å². The van der Waals surface area contributed by atoms with Gasteiger partial charge in [0.2, 0.25) is 5.78 Å². The largest absolute Gasteiger partial charge is 0.432 e. The number of nitrogens with two attached hydrogens (primary N) is 1. The highest BCUT2D eigenvalue weighted by Gasteiger charge is 2.27. The molecule has 1 aliphatic rings. The van der Waals surface area contributed by atoms with Crippen LogP contribution in [0.4, 0.5) is 5.69 Å². The number of rotatable bonds is 4. The number of Topliss-reactive ketones (excluding diaryl/α,β-unsaturated/α-hetero) is 1. The number of nitrogens with one attached hydrogen (secondary N) is 1. The summed E-state index contributed by atoms with van der Waals surface area (Å²) in [5.74, 6) is -0.938. The van der Waals surface area contributed by atoms with Crippen molar-refractivity contribution in [3.05, 3.63) is 63.1 Å². The van der Waals surface area contributed by atoms with Gasteiger partial charge in [0.25, 0.3) is 6.23 Å². The number of nitrogens with zero attached hydrogens (tertiary/aromatic N) is 1. The highest BCUT2D eigenvalue weighted by molar-refractivity contribution is 9.10. The topological polar surface area (TPSA) is 93.8 Å². The number of hydrogen-bond donors (Lipinski definition) is 2. The highest BCUT2D eigenvalue weighted by atomic mass is 79.9. The number of esters is 1. The Morgan fingerprint density at radius 1 is 1.30 bits per heavy atom. The minimum atomic E-state index is -1.27. The molecule has 0 radical (unpaired) electrons. The minimum absolute atomic E-state index is 0.0102. The first-order valence-electron chi connectivity index (χ1n) is 8.28. The molecule has 6 nitrogen and oxygen atoms in total. The normalized spacial score (nSPS) is 18.4. The zero-order valence-corrected chi connectivity index (χ0v) is 16.6. The fraction of sp³-hybridized carbons (Fsp3) is 0.211. The van der Waals surface area contributed by atoms with Gasteiger partial charge in [0, 0.05) is 32.9 Å². The van der Waals surface area contributed by atoms with E-state index in [0.29, 0.717) is 16.3 Å². The summed E-state index contributed by atoms with van der Waals surface area (Å²) in [6.07, 6.45) is -1.26. The number of ether oxygens (including phenoxy) is 1. The lowest BCUT2D eigenvalue weighted by Gasteiger charge is -2.22. The molecule has 0 aromatic heterocycles. The van der Waals surface area contributed by atoms with Gasteiger partial charge >= 0.3 is 5.97 Å². The smallest absolute Gasteiger partial charge is 0.309 e. The Balaban J connectivity index is 2.15. The summed E-state index contributed by atoms with van der Waals surface area (Å²) in [5.41, 5.74) is 7.96. The van der Waals surface area contributed by atoms with E-state index in [-0.39, 0.29) is 25.3 Å². The lowest BCUT2D eigenvalue weighted by Crippen LogP contribution is -2.34. The highest BCUT2D eigenvalue weighted by Crippen LogP contribution is 2.29. The third-order valence-corrected chi connectivity index (χ3v) is 4.75. The van der Waals surface area contributed by atoms with Crippen LogP contribution in [0.3, 0.4) is 0 Å². The molecule has 0 spiro atoms. The van der Waals surface area contributed by atoms with E-state index in [9.17, 15) is 9.59 Å². The van der Waals surface area contributed by atoms with E-state index >= 15 is 0 Å². The summed E-state index contributed by atoms with van der Waals surface area (Å²) < 4.78 is 6.10. The number of ketones is 1. The van der Waals surface area contributed by atoms with Crippen LogP contribution in [0.5, 0.6) is 0 Å². The molecule has 0 aliphatic carbocycles. The second-order valence-corrected chi connectivity index (χ2v) is 7.17. The van der Waals surface area contributed by atoms with E-state index in [1.807, 2.05) is 24.3 Å². The Bertz CT molecular complexity index is 917. The second kappa shape index (κ2) is 8.65. The third kappa shape index (κ3) is 4.55. The second-order valence-electron chi connectivity index (χ2n) is 5.85. The first-order chi connectivity index (χ1) is 13.0. The molecule has 0 bridgehead atoms. The Morgan fingerprint density at radius 2 is 2.07 bits per heavy atom. The monoisotopic (exact) mass is 449 g/mol. The van der Waals surface area contributed by atoms with Gasteiger partial charge in [-0.1, -0.05) is 45.7 Å². The SMILES string of the molecule is NCCC(=O)OC1/N=C(/c2ccccc2Cl)c2cc(Br)ccc2NCC1=O. The average Bonchev–Trinajstić information content (AvgIpc) is 2.64. The van der Waals surface area contributed by atoms with Gasteiger partial charge in [-0.3, -0.25) is 9.59 Å². The Hall–Kier alpha value is -2.22. The summed E-state index contributed by atoms with van der Waals surface area (Å²) in [7, 11) is 0. The van der Waals surface area contributed by atoms with E-state index < -0.39 is 12.2 Å². The summed E-state index contributed by atoms with van der Waals surface area (Å²) in [4.78, 5) is 28.9. The van der Waals surface area contributed by atoms with E-state index in [2.05, 4.69) is 26.2 Å². The fourth-order valence-corrected chi connectivity index (χ4v) is 3.24. The standard InChI is InChI=1S/C19H17BrClN3O3/c20-11-5-6-15-13(9-11)18(12-3-1-2-4-14(12)21)24-19(16(25)10-23-15)27-17(26)7-8-22/h1-6,9,19,23H,7-8,10,22H2/b24-18-. The van der Waals surface area contributed by atoms with Crippen molar-refractivity contribution in [2.45, 2.75) is 12.6 Å². The molecule has 0 saturated carbocycles. The van der Waals surface area contributed by atoms with Gasteiger partial charge in [-0.2, -0.15) is 0 Å². The summed E-state index contributed by atoms with van der Waals surface area (Å²) in [6.45, 7) is 0.114. The van der Waals surface area contributed by atoms with Crippen LogP contribution in [-0.4, -0.2) is 36.8 Å². The minimum Gasteiger partial charge on any atom is -0.432 e. The third-order valence-electron chi connectivity index (χ3n) is 3.93. The van der Waals surface area contributed by atoms with Crippen molar-refractivity contribution in [1.82, 2.24) is 0 Å². The van der Waals surface area contributed by atoms with Crippen molar-refractivity contribution in [3.8, 4) is 0 Å². The van der Waals surface area contributed by atoms with Crippen molar-refractivity contribution in [3.63, 3.8) is 0 Å². The van der Waals surface area contributed by atoms with Crippen LogP contribution in [0.25, 0.3) is 0 Å². The molecule has 2 aromatic carbocycles. The van der Waals surface area contributed by atoms with Crippen LogP contribution >= 0.6 is 27.5 Å². The number of anilines is 1. The number of aliphatic imine (C=N–C) groups is 1. The van der Waals surface area contributed by atoms with E-state index in [4.69, 9.17) is 22.1 Å². The predicted molar refractivity (Wildman–Crippen MR) is 108 cm³/mol. The lowest BCUT2D eigenvalue weighted by atomic mass is 9.99. The summed E-state index contributed by atoms with van der Waals surface area (Å²) in [6, 6.07) is 12.8. The van der Waals surface area contributed by atoms with Crippen LogP contribution in [0.15, 0.2) is 51.9 Å². The summed E-state index contributed by atoms with van der Waals surface area (Å²) >= 11 is 9.84. The summed E-state index contributed by atoms with van der Waals surface area (Å²) in [5, 5.41) is 3.56. The van der Waals surface area contributed by atoms with Crippen LogP contribution in [0.2, 0.25) is 5.02 Å². The van der Waals surface area contributed by atoms with Gasteiger partial charge in [-0.05, 0) is 24.3 Å². The quantitative estimate of drug-likeness (QED) is 0.698.